The molecule has 2 fully saturated rings. The maximum atomic E-state index is 14.1. The highest BCUT2D eigenvalue weighted by Gasteiger charge is 2.58. The van der Waals surface area contributed by atoms with E-state index in [9.17, 15) is 22.8 Å². The number of amides is 2. The number of carbonyl (C=O) groups excluding carboxylic acids is 2. The molecule has 1 saturated heterocycles. The number of imide groups is 1. The van der Waals surface area contributed by atoms with Crippen molar-refractivity contribution in [2.75, 3.05) is 20.1 Å². The molecule has 166 valence electrons. The van der Waals surface area contributed by atoms with Crippen LogP contribution in [0.3, 0.4) is 0 Å². The van der Waals surface area contributed by atoms with Crippen molar-refractivity contribution in [2.45, 2.75) is 19.6 Å². The number of ether oxygens (including phenoxy) is 1. The molecule has 4 unspecified atom stereocenters. The van der Waals surface area contributed by atoms with Gasteiger partial charge in [0.25, 0.3) is 0 Å². The molecular weight excluding hydrogens is 413 g/mol. The van der Waals surface area contributed by atoms with E-state index in [4.69, 9.17) is 0 Å². The van der Waals surface area contributed by atoms with Crippen molar-refractivity contribution in [2.24, 2.45) is 28.7 Å². The Kier molecular flexibility index (Phi) is 5.88. The van der Waals surface area contributed by atoms with E-state index >= 15 is 0 Å². The van der Waals surface area contributed by atoms with Crippen LogP contribution < -0.4 is 15.4 Å². The van der Waals surface area contributed by atoms with Gasteiger partial charge in [0, 0.05) is 32.2 Å². The summed E-state index contributed by atoms with van der Waals surface area (Å²) in [6, 6.07) is 3.69. The van der Waals surface area contributed by atoms with Gasteiger partial charge in [-0.15, -0.1) is 0 Å². The molecule has 0 aromatic heterocycles. The number of aliphatic imine (C=N–C) groups is 1. The van der Waals surface area contributed by atoms with Crippen LogP contribution in [0.5, 0.6) is 5.75 Å². The summed E-state index contributed by atoms with van der Waals surface area (Å²) in [7, 11) is 1.49. The third-order valence-electron chi connectivity index (χ3n) is 6.14. The Balaban J connectivity index is 1.31. The van der Waals surface area contributed by atoms with Crippen molar-refractivity contribution in [3.05, 3.63) is 41.7 Å². The molecule has 2 aliphatic carbocycles. The van der Waals surface area contributed by atoms with E-state index in [1.54, 1.807) is 0 Å². The molecule has 1 aliphatic heterocycles. The van der Waals surface area contributed by atoms with Gasteiger partial charge in [0.1, 0.15) is 11.6 Å². The highest BCUT2D eigenvalue weighted by molar-refractivity contribution is 6.06. The van der Waals surface area contributed by atoms with Crippen LogP contribution >= 0.6 is 0 Å². The van der Waals surface area contributed by atoms with Crippen LogP contribution in [-0.4, -0.2) is 49.4 Å². The smallest absolute Gasteiger partial charge is 0.387 e. The zero-order valence-corrected chi connectivity index (χ0v) is 16.9. The predicted octanol–water partition coefficient (Wildman–Crippen LogP) is 1.90. The zero-order valence-electron chi connectivity index (χ0n) is 16.9. The van der Waals surface area contributed by atoms with Crippen LogP contribution in [0.2, 0.25) is 0 Å². The molecule has 2 N–H and O–H groups in total. The summed E-state index contributed by atoms with van der Waals surface area (Å²) in [6.07, 6.45) is 4.96. The average molecular weight is 436 g/mol. The van der Waals surface area contributed by atoms with E-state index < -0.39 is 12.4 Å². The molecule has 0 spiro atoms. The minimum absolute atomic E-state index is 0.0635. The number of nitrogens with one attached hydrogen (secondary N) is 2. The number of hydrogen-bond donors (Lipinski definition) is 2. The standard InChI is InChI=1S/C21H23F3N4O3/c1-25-21(27-10-13-14(22)3-2-4-15(13)31-20(23)24)26-7-8-28-18(29)16-11-5-6-12(9-11)17(16)19(28)30/h2-6,11-12,16-17,20H,7-10H2,1H3,(H2,25,26,27). The molecule has 3 aliphatic rings. The fraction of sp³-hybridized carbons (Fsp3) is 0.476. The molecule has 2 bridgehead atoms. The number of halogens is 3. The first-order valence-corrected chi connectivity index (χ1v) is 10.1. The van der Waals surface area contributed by atoms with Gasteiger partial charge in [0.2, 0.25) is 11.8 Å². The molecule has 1 heterocycles. The number of carbonyl (C=O) groups is 2. The van der Waals surface area contributed by atoms with Crippen molar-refractivity contribution in [1.29, 1.82) is 0 Å². The maximum absolute atomic E-state index is 14.1. The van der Waals surface area contributed by atoms with E-state index in [1.165, 1.54) is 24.1 Å². The number of rotatable bonds is 7. The van der Waals surface area contributed by atoms with Gasteiger partial charge in [-0.1, -0.05) is 18.2 Å². The van der Waals surface area contributed by atoms with Gasteiger partial charge in [0.15, 0.2) is 5.96 Å². The fourth-order valence-electron chi connectivity index (χ4n) is 4.78. The quantitative estimate of drug-likeness (QED) is 0.295. The van der Waals surface area contributed by atoms with Crippen LogP contribution in [0.4, 0.5) is 13.2 Å². The number of alkyl halides is 2. The first kappa shape index (κ1) is 21.2. The molecule has 7 nitrogen and oxygen atoms in total. The predicted molar refractivity (Wildman–Crippen MR) is 106 cm³/mol. The molecule has 10 heteroatoms. The second-order valence-corrected chi connectivity index (χ2v) is 7.78. The van der Waals surface area contributed by atoms with Crippen molar-refractivity contribution in [3.8, 4) is 5.75 Å². The largest absolute Gasteiger partial charge is 0.434 e. The highest BCUT2D eigenvalue weighted by Crippen LogP contribution is 2.52. The molecule has 1 aromatic rings. The van der Waals surface area contributed by atoms with Crippen LogP contribution in [0.15, 0.2) is 35.3 Å². The average Bonchev–Trinajstić information content (AvgIpc) is 3.41. The summed E-state index contributed by atoms with van der Waals surface area (Å²) >= 11 is 0. The molecular formula is C21H23F3N4O3. The van der Waals surface area contributed by atoms with E-state index in [0.717, 1.165) is 12.5 Å². The van der Waals surface area contributed by atoms with Gasteiger partial charge in [-0.3, -0.25) is 19.5 Å². The van der Waals surface area contributed by atoms with Crippen LogP contribution in [0.1, 0.15) is 12.0 Å². The number of nitrogens with zero attached hydrogens (tertiary/aromatic N) is 2. The van der Waals surface area contributed by atoms with E-state index in [0.29, 0.717) is 0 Å². The van der Waals surface area contributed by atoms with Crippen molar-refractivity contribution in [3.63, 3.8) is 0 Å². The molecule has 1 saturated carbocycles. The molecule has 0 radical (unpaired) electrons. The highest BCUT2D eigenvalue weighted by atomic mass is 19.3. The maximum Gasteiger partial charge on any atom is 0.387 e. The number of likely N-dealkylation sites (tertiary alicyclic amines) is 1. The van der Waals surface area contributed by atoms with Crippen LogP contribution in [-0.2, 0) is 16.1 Å². The Hall–Kier alpha value is -3.04. The monoisotopic (exact) mass is 436 g/mol. The van der Waals surface area contributed by atoms with Gasteiger partial charge in [0.05, 0.1) is 11.8 Å². The number of guanidine groups is 1. The third-order valence-corrected chi connectivity index (χ3v) is 6.14. The van der Waals surface area contributed by atoms with E-state index in [2.05, 4.69) is 20.4 Å². The Bertz CT molecular complexity index is 906. The molecule has 1 aromatic carbocycles. The fourth-order valence-corrected chi connectivity index (χ4v) is 4.78. The Morgan fingerprint density at radius 3 is 2.48 bits per heavy atom. The van der Waals surface area contributed by atoms with Crippen LogP contribution in [0.25, 0.3) is 0 Å². The Morgan fingerprint density at radius 1 is 1.19 bits per heavy atom. The topological polar surface area (TPSA) is 83.0 Å². The first-order chi connectivity index (χ1) is 14.9. The second-order valence-electron chi connectivity index (χ2n) is 7.78. The van der Waals surface area contributed by atoms with Gasteiger partial charge < -0.3 is 15.4 Å². The lowest BCUT2D eigenvalue weighted by atomic mass is 9.85. The number of allylic oxidation sites excluding steroid dienone is 2. The Labute approximate surface area is 177 Å². The third kappa shape index (κ3) is 3.98. The van der Waals surface area contributed by atoms with Gasteiger partial charge in [-0.05, 0) is 30.4 Å². The molecule has 4 rings (SSSR count). The Morgan fingerprint density at radius 2 is 1.87 bits per heavy atom. The lowest BCUT2D eigenvalue weighted by Gasteiger charge is -2.19. The summed E-state index contributed by atoms with van der Waals surface area (Å²) in [6.45, 7) is -2.78. The summed E-state index contributed by atoms with van der Waals surface area (Å²) < 4.78 is 43.5. The van der Waals surface area contributed by atoms with E-state index in [-0.39, 0.29) is 72.4 Å². The molecule has 2 amide bonds. The summed E-state index contributed by atoms with van der Waals surface area (Å²) in [5.74, 6) is -1.11. The van der Waals surface area contributed by atoms with Gasteiger partial charge in [-0.2, -0.15) is 8.78 Å². The summed E-state index contributed by atoms with van der Waals surface area (Å²) in [5, 5.41) is 5.78. The van der Waals surface area contributed by atoms with E-state index in [1.807, 2.05) is 12.2 Å². The summed E-state index contributed by atoms with van der Waals surface area (Å²) in [5.41, 5.74) is -0.0635. The second kappa shape index (κ2) is 8.60. The molecule has 4 atom stereocenters. The van der Waals surface area contributed by atoms with Crippen molar-refractivity contribution in [1.82, 2.24) is 15.5 Å². The first-order valence-electron chi connectivity index (χ1n) is 10.1. The molecule has 31 heavy (non-hydrogen) atoms. The van der Waals surface area contributed by atoms with Crippen molar-refractivity contribution < 1.29 is 27.5 Å². The minimum Gasteiger partial charge on any atom is -0.434 e. The number of hydrogen-bond acceptors (Lipinski definition) is 4. The van der Waals surface area contributed by atoms with Gasteiger partial charge in [-0.25, -0.2) is 4.39 Å². The minimum atomic E-state index is -3.07. The number of fused-ring (bicyclic) bond motifs is 5. The zero-order chi connectivity index (χ0) is 22.1. The normalized spacial score (nSPS) is 26.7. The summed E-state index contributed by atoms with van der Waals surface area (Å²) in [4.78, 5) is 30.7. The lowest BCUT2D eigenvalue weighted by molar-refractivity contribution is -0.140. The lowest BCUT2D eigenvalue weighted by Crippen LogP contribution is -2.43. The van der Waals surface area contributed by atoms with Crippen LogP contribution in [0, 0.1) is 29.5 Å². The van der Waals surface area contributed by atoms with Gasteiger partial charge >= 0.3 is 6.61 Å². The SMILES string of the molecule is CN=C(NCCN1C(=O)C2C3C=CC(C3)C2C1=O)NCc1c(F)cccc1OC(F)F. The van der Waals surface area contributed by atoms with Crippen molar-refractivity contribution >= 4 is 17.8 Å². The number of benzene rings is 1.